The summed E-state index contributed by atoms with van der Waals surface area (Å²) < 4.78 is 38.7. The molecule has 2 aromatic carbocycles. The fraction of sp³-hybridized carbons (Fsp3) is 0.407. The second kappa shape index (κ2) is 11.9. The third-order valence-corrected chi connectivity index (χ3v) is 8.46. The highest BCUT2D eigenvalue weighted by Crippen LogP contribution is 2.49. The van der Waals surface area contributed by atoms with Crippen molar-refractivity contribution < 1.29 is 38.1 Å². The van der Waals surface area contributed by atoms with Gasteiger partial charge in [-0.25, -0.2) is 14.5 Å². The summed E-state index contributed by atoms with van der Waals surface area (Å²) in [5.74, 6) is -0.447. The summed E-state index contributed by atoms with van der Waals surface area (Å²) >= 11 is 0. The highest BCUT2D eigenvalue weighted by atomic mass is 31.2. The zero-order valence-electron chi connectivity index (χ0n) is 23.3. The molecule has 224 valence electrons. The number of aliphatic hydroxyl groups is 2. The van der Waals surface area contributed by atoms with E-state index < -0.39 is 62.1 Å². The summed E-state index contributed by atoms with van der Waals surface area (Å²) in [6.07, 6.45) is -4.50. The number of aromatic nitrogens is 4. The fourth-order valence-electron chi connectivity index (χ4n) is 4.74. The van der Waals surface area contributed by atoms with Crippen molar-refractivity contribution >= 4 is 35.7 Å². The zero-order valence-corrected chi connectivity index (χ0v) is 24.2. The molecule has 4 aromatic rings. The van der Waals surface area contributed by atoms with E-state index in [1.165, 1.54) is 31.1 Å². The molecule has 3 unspecified atom stereocenters. The number of hydrogen-bond donors (Lipinski definition) is 4. The van der Waals surface area contributed by atoms with Crippen LogP contribution in [0.5, 0.6) is 5.75 Å². The first-order chi connectivity index (χ1) is 20.0. The fourth-order valence-corrected chi connectivity index (χ4v) is 6.45. The van der Waals surface area contributed by atoms with Crippen LogP contribution in [0.3, 0.4) is 0 Å². The van der Waals surface area contributed by atoms with Gasteiger partial charge < -0.3 is 29.2 Å². The molecule has 7 atom stereocenters. The topological polar surface area (TPSA) is 187 Å². The Morgan fingerprint density at radius 3 is 2.60 bits per heavy atom. The minimum absolute atomic E-state index is 0.0231. The van der Waals surface area contributed by atoms with Gasteiger partial charge in [-0.3, -0.25) is 18.7 Å². The van der Waals surface area contributed by atoms with Crippen LogP contribution in [0.15, 0.2) is 59.9 Å². The number of aromatic amines is 1. The Morgan fingerprint density at radius 1 is 1.10 bits per heavy atom. The van der Waals surface area contributed by atoms with Gasteiger partial charge in [0.25, 0.3) is 5.56 Å². The van der Waals surface area contributed by atoms with Crippen molar-refractivity contribution in [1.29, 1.82) is 0 Å². The van der Waals surface area contributed by atoms with Gasteiger partial charge in [0.15, 0.2) is 17.4 Å². The van der Waals surface area contributed by atoms with Crippen molar-refractivity contribution in [1.82, 2.24) is 24.6 Å². The maximum atomic E-state index is 14.3. The van der Waals surface area contributed by atoms with E-state index >= 15 is 0 Å². The largest absolute Gasteiger partial charge is 0.462 e. The Kier molecular flexibility index (Phi) is 8.46. The third kappa shape index (κ3) is 5.95. The molecule has 4 N–H and O–H groups in total. The molecule has 0 spiro atoms. The van der Waals surface area contributed by atoms with Crippen molar-refractivity contribution in [3.8, 4) is 5.75 Å². The number of aliphatic hydroxyl groups excluding tert-OH is 2. The number of carbonyl (C=O) groups is 1. The second-order valence-electron chi connectivity index (χ2n) is 10.2. The van der Waals surface area contributed by atoms with Crippen molar-refractivity contribution in [2.24, 2.45) is 0 Å². The summed E-state index contributed by atoms with van der Waals surface area (Å²) in [5, 5.41) is 25.9. The molecule has 1 fully saturated rings. The second-order valence-corrected chi connectivity index (χ2v) is 11.9. The summed E-state index contributed by atoms with van der Waals surface area (Å²) in [4.78, 5) is 35.2. The summed E-state index contributed by atoms with van der Waals surface area (Å²) in [6, 6.07) is 11.4. The molecule has 14 nitrogen and oxygen atoms in total. The molecule has 15 heteroatoms. The van der Waals surface area contributed by atoms with Crippen LogP contribution in [-0.4, -0.2) is 72.3 Å². The van der Waals surface area contributed by atoms with Gasteiger partial charge in [-0.05, 0) is 39.1 Å². The van der Waals surface area contributed by atoms with Crippen LogP contribution in [0.4, 0.5) is 0 Å². The van der Waals surface area contributed by atoms with E-state index in [9.17, 15) is 24.4 Å². The summed E-state index contributed by atoms with van der Waals surface area (Å²) in [7, 11) is -4.38. The maximum Gasteiger partial charge on any atom is 0.459 e. The number of benzene rings is 2. The lowest BCUT2D eigenvalue weighted by atomic mass is 10.1. The number of carbonyl (C=O) groups excluding carboxylic acids is 1. The number of imidazole rings is 1. The van der Waals surface area contributed by atoms with Crippen molar-refractivity contribution in [3.63, 3.8) is 0 Å². The third-order valence-electron chi connectivity index (χ3n) is 6.71. The van der Waals surface area contributed by atoms with E-state index in [0.29, 0.717) is 5.39 Å². The van der Waals surface area contributed by atoms with Crippen LogP contribution >= 0.6 is 7.75 Å². The Bertz CT molecular complexity index is 1690. The molecule has 0 bridgehead atoms. The average molecular weight is 602 g/mol. The average Bonchev–Trinajstić information content (AvgIpc) is 3.50. The quantitative estimate of drug-likeness (QED) is 0.154. The molecular weight excluding hydrogens is 569 g/mol. The van der Waals surface area contributed by atoms with Gasteiger partial charge in [-0.1, -0.05) is 36.4 Å². The molecule has 5 rings (SSSR count). The first-order valence-corrected chi connectivity index (χ1v) is 14.9. The molecule has 0 amide bonds. The highest BCUT2D eigenvalue weighted by Gasteiger charge is 2.49. The number of nitrogens with one attached hydrogen (secondary N) is 2. The molecular formula is C27H32N5O9P. The molecule has 42 heavy (non-hydrogen) atoms. The van der Waals surface area contributed by atoms with Gasteiger partial charge >= 0.3 is 13.7 Å². The van der Waals surface area contributed by atoms with Crippen LogP contribution in [0.2, 0.25) is 0 Å². The lowest BCUT2D eigenvalue weighted by molar-refractivity contribution is -0.149. The SMILES string of the molecule is CC(C)OC(=O)C(C)NP(=O)(Oc1cccc2ccccc12)OC(C)[C@H]1O[C@@H](n2cnc3c(=O)[nH]cnc32)[C@H](O)[C@@H]1O. The molecule has 1 saturated heterocycles. The van der Waals surface area contributed by atoms with E-state index in [2.05, 4.69) is 20.0 Å². The van der Waals surface area contributed by atoms with Crippen molar-refractivity contribution in [3.05, 3.63) is 65.5 Å². The number of H-pyrrole nitrogens is 1. The lowest BCUT2D eigenvalue weighted by Crippen LogP contribution is -2.41. The molecule has 0 aliphatic carbocycles. The first-order valence-electron chi connectivity index (χ1n) is 13.3. The van der Waals surface area contributed by atoms with E-state index in [0.717, 1.165) is 5.39 Å². The monoisotopic (exact) mass is 601 g/mol. The van der Waals surface area contributed by atoms with Crippen LogP contribution in [0.25, 0.3) is 21.9 Å². The number of fused-ring (bicyclic) bond motifs is 2. The van der Waals surface area contributed by atoms with E-state index in [4.69, 9.17) is 18.5 Å². The zero-order chi connectivity index (χ0) is 30.2. The van der Waals surface area contributed by atoms with Crippen LogP contribution in [0.1, 0.15) is 33.9 Å². The molecule has 1 aliphatic rings. The number of esters is 1. The van der Waals surface area contributed by atoms with Gasteiger partial charge in [0, 0.05) is 5.39 Å². The van der Waals surface area contributed by atoms with Gasteiger partial charge in [0.2, 0.25) is 0 Å². The Balaban J connectivity index is 1.42. The normalized spacial score (nSPS) is 23.6. The van der Waals surface area contributed by atoms with E-state index in [1.807, 2.05) is 18.2 Å². The number of ether oxygens (including phenoxy) is 2. The number of nitrogens with zero attached hydrogens (tertiary/aromatic N) is 3. The van der Waals surface area contributed by atoms with Gasteiger partial charge in [0.05, 0.1) is 24.9 Å². The van der Waals surface area contributed by atoms with Crippen LogP contribution < -0.4 is 15.2 Å². The minimum atomic E-state index is -4.38. The molecule has 1 aliphatic heterocycles. The van der Waals surface area contributed by atoms with Gasteiger partial charge in [-0.2, -0.15) is 5.09 Å². The molecule has 3 heterocycles. The van der Waals surface area contributed by atoms with E-state index in [-0.39, 0.29) is 16.9 Å². The lowest BCUT2D eigenvalue weighted by Gasteiger charge is -2.29. The standard InChI is InChI=1S/C27H32N5O9P/c1-14(2)38-27(36)15(3)31-42(37,41-19-11-7-9-17-8-5-6-10-18(17)19)40-16(4)23-21(33)22(34)26(39-23)32-13-30-20-24(32)28-12-29-25(20)35/h5-16,21-23,26,33-34H,1-4H3,(H,31,37)(H,28,29,35)/t15?,16?,21-,22+,23+,26+,42?/m0/s1. The van der Waals surface area contributed by atoms with Gasteiger partial charge in [-0.15, -0.1) is 0 Å². The van der Waals surface area contributed by atoms with Crippen molar-refractivity contribution in [2.45, 2.75) is 70.5 Å². The number of hydrogen-bond acceptors (Lipinski definition) is 11. The maximum absolute atomic E-state index is 14.3. The minimum Gasteiger partial charge on any atom is -0.462 e. The first kappa shape index (κ1) is 29.8. The molecule has 0 radical (unpaired) electrons. The highest BCUT2D eigenvalue weighted by molar-refractivity contribution is 7.52. The summed E-state index contributed by atoms with van der Waals surface area (Å²) in [6.45, 7) is 6.31. The smallest absolute Gasteiger partial charge is 0.459 e. The van der Waals surface area contributed by atoms with Gasteiger partial charge in [0.1, 0.15) is 30.1 Å². The summed E-state index contributed by atoms with van der Waals surface area (Å²) in [5.41, 5.74) is -0.328. The Hall–Kier alpha value is -3.65. The molecule has 0 saturated carbocycles. The Labute approximate surface area is 240 Å². The number of rotatable bonds is 10. The van der Waals surface area contributed by atoms with E-state index in [1.54, 1.807) is 38.1 Å². The van der Waals surface area contributed by atoms with Crippen LogP contribution in [-0.2, 0) is 23.4 Å². The van der Waals surface area contributed by atoms with Crippen molar-refractivity contribution in [2.75, 3.05) is 0 Å². The predicted octanol–water partition coefficient (Wildman–Crippen LogP) is 2.41. The van der Waals surface area contributed by atoms with Crippen LogP contribution in [0, 0.1) is 0 Å². The molecule has 2 aromatic heterocycles. The Morgan fingerprint density at radius 2 is 1.83 bits per heavy atom. The predicted molar refractivity (Wildman–Crippen MR) is 151 cm³/mol.